The number of nitrogens with one attached hydrogen (secondary N) is 1. The van der Waals surface area contributed by atoms with Gasteiger partial charge in [-0.25, -0.2) is 13.4 Å². The molecule has 2 aromatic rings. The Bertz CT molecular complexity index is 767. The Morgan fingerprint density at radius 1 is 1.29 bits per heavy atom. The van der Waals surface area contributed by atoms with Crippen LogP contribution in [0.25, 0.3) is 0 Å². The predicted molar refractivity (Wildman–Crippen MR) is 78.2 cm³/mol. The highest BCUT2D eigenvalue weighted by molar-refractivity contribution is 7.89. The molecular weight excluding hydrogens is 288 g/mol. The van der Waals surface area contributed by atoms with E-state index in [4.69, 9.17) is 0 Å². The molecule has 1 aromatic carbocycles. The van der Waals surface area contributed by atoms with E-state index in [9.17, 15) is 8.42 Å². The first-order chi connectivity index (χ1) is 9.96. The van der Waals surface area contributed by atoms with Crippen molar-refractivity contribution < 1.29 is 8.42 Å². The van der Waals surface area contributed by atoms with E-state index in [0.29, 0.717) is 16.5 Å². The van der Waals surface area contributed by atoms with E-state index in [2.05, 4.69) is 15.2 Å². The summed E-state index contributed by atoms with van der Waals surface area (Å²) in [5.74, 6) is 1.15. The lowest BCUT2D eigenvalue weighted by molar-refractivity contribution is 0.457. The van der Waals surface area contributed by atoms with Crippen LogP contribution in [0.2, 0.25) is 0 Å². The molecule has 1 N–H and O–H groups in total. The normalized spacial score (nSPS) is 14.6. The van der Waals surface area contributed by atoms with Crippen molar-refractivity contribution in [3.63, 3.8) is 0 Å². The van der Waals surface area contributed by atoms with Crippen LogP contribution in [0.1, 0.15) is 29.2 Å². The largest absolute Gasteiger partial charge is 0.263 e. The number of benzene rings is 1. The highest BCUT2D eigenvalue weighted by atomic mass is 32.2. The van der Waals surface area contributed by atoms with Gasteiger partial charge in [0, 0.05) is 7.05 Å². The zero-order valence-electron chi connectivity index (χ0n) is 12.1. The van der Waals surface area contributed by atoms with Crippen LogP contribution >= 0.6 is 0 Å². The Labute approximate surface area is 124 Å². The van der Waals surface area contributed by atoms with Crippen molar-refractivity contribution in [2.75, 3.05) is 7.05 Å². The maximum Gasteiger partial charge on any atom is 0.243 e. The first-order valence-electron chi connectivity index (χ1n) is 6.93. The molecule has 7 heteroatoms. The number of fused-ring (bicyclic) bond motifs is 1. The van der Waals surface area contributed by atoms with E-state index < -0.39 is 10.0 Å². The maximum absolute atomic E-state index is 12.6. The molecule has 1 aliphatic rings. The van der Waals surface area contributed by atoms with Crippen LogP contribution in [0.4, 0.5) is 0 Å². The highest BCUT2D eigenvalue weighted by Gasteiger charge is 2.24. The van der Waals surface area contributed by atoms with Gasteiger partial charge in [0.1, 0.15) is 5.82 Å². The summed E-state index contributed by atoms with van der Waals surface area (Å²) in [6.07, 6.45) is 3.11. The molecule has 112 valence electrons. The third-order valence-corrected chi connectivity index (χ3v) is 5.59. The van der Waals surface area contributed by atoms with Crippen LogP contribution in [0.3, 0.4) is 0 Å². The van der Waals surface area contributed by atoms with Gasteiger partial charge in [-0.2, -0.15) is 9.40 Å². The molecule has 0 radical (unpaired) electrons. The van der Waals surface area contributed by atoms with Gasteiger partial charge in [-0.1, -0.05) is 6.07 Å². The molecular formula is C14H18N4O2S. The number of nitrogens with zero attached hydrogens (tertiary/aromatic N) is 3. The number of H-pyrrole nitrogens is 1. The summed E-state index contributed by atoms with van der Waals surface area (Å²) in [6, 6.07) is 5.43. The molecule has 6 nitrogen and oxygen atoms in total. The second-order valence-corrected chi connectivity index (χ2v) is 7.43. The molecule has 0 fully saturated rings. The number of aromatic nitrogens is 3. The molecule has 0 spiro atoms. The molecule has 0 atom stereocenters. The quantitative estimate of drug-likeness (QED) is 0.926. The smallest absolute Gasteiger partial charge is 0.243 e. The monoisotopic (exact) mass is 306 g/mol. The van der Waals surface area contributed by atoms with Crippen LogP contribution in [-0.4, -0.2) is 35.0 Å². The van der Waals surface area contributed by atoms with Gasteiger partial charge in [-0.05, 0) is 49.4 Å². The summed E-state index contributed by atoms with van der Waals surface area (Å²) in [6.45, 7) is 1.94. The standard InChI is InChI=1S/C14H18N4O2S/c1-10-15-14(17-16-10)9-18(2)21(19,20)13-7-6-11-4-3-5-12(11)8-13/h6-8H,3-5,9H2,1-2H3,(H,15,16,17). The van der Waals surface area contributed by atoms with Crippen LogP contribution in [0, 0.1) is 6.92 Å². The van der Waals surface area contributed by atoms with E-state index in [1.165, 1.54) is 9.87 Å². The fourth-order valence-electron chi connectivity index (χ4n) is 2.63. The highest BCUT2D eigenvalue weighted by Crippen LogP contribution is 2.26. The van der Waals surface area contributed by atoms with E-state index in [1.807, 2.05) is 6.07 Å². The molecule has 0 unspecified atom stereocenters. The zero-order chi connectivity index (χ0) is 15.0. The molecule has 0 amide bonds. The van der Waals surface area contributed by atoms with Gasteiger partial charge in [0.25, 0.3) is 0 Å². The van der Waals surface area contributed by atoms with Crippen molar-refractivity contribution in [1.29, 1.82) is 0 Å². The van der Waals surface area contributed by atoms with Gasteiger partial charge in [0.15, 0.2) is 5.82 Å². The first kappa shape index (κ1) is 14.2. The molecule has 0 saturated heterocycles. The Hall–Kier alpha value is -1.73. The fourth-order valence-corrected chi connectivity index (χ4v) is 3.81. The fraction of sp³-hybridized carbons (Fsp3) is 0.429. The summed E-state index contributed by atoms with van der Waals surface area (Å²) in [5.41, 5.74) is 2.42. The second-order valence-electron chi connectivity index (χ2n) is 5.38. The minimum atomic E-state index is -3.51. The second kappa shape index (κ2) is 5.23. The van der Waals surface area contributed by atoms with Gasteiger partial charge in [0.2, 0.25) is 10.0 Å². The van der Waals surface area contributed by atoms with Crippen molar-refractivity contribution in [1.82, 2.24) is 19.5 Å². The lowest BCUT2D eigenvalue weighted by atomic mass is 10.1. The van der Waals surface area contributed by atoms with Gasteiger partial charge >= 0.3 is 0 Å². The number of hydrogen-bond donors (Lipinski definition) is 1. The number of aromatic amines is 1. The lowest BCUT2D eigenvalue weighted by Crippen LogP contribution is -2.27. The Balaban J connectivity index is 1.85. The molecule has 0 bridgehead atoms. The van der Waals surface area contributed by atoms with Crippen LogP contribution in [-0.2, 0) is 29.4 Å². The van der Waals surface area contributed by atoms with Crippen molar-refractivity contribution in [2.24, 2.45) is 0 Å². The third-order valence-electron chi connectivity index (χ3n) is 3.79. The van der Waals surface area contributed by atoms with E-state index in [1.54, 1.807) is 26.1 Å². The molecule has 21 heavy (non-hydrogen) atoms. The average Bonchev–Trinajstić information content (AvgIpc) is 3.06. The Kier molecular flexibility index (Phi) is 3.54. The topological polar surface area (TPSA) is 79.0 Å². The van der Waals surface area contributed by atoms with Gasteiger partial charge in [0.05, 0.1) is 11.4 Å². The summed E-state index contributed by atoms with van der Waals surface area (Å²) in [5, 5.41) is 6.70. The summed E-state index contributed by atoms with van der Waals surface area (Å²) in [4.78, 5) is 4.49. The lowest BCUT2D eigenvalue weighted by Gasteiger charge is -2.16. The van der Waals surface area contributed by atoms with Crippen LogP contribution in [0.5, 0.6) is 0 Å². The van der Waals surface area contributed by atoms with Crippen molar-refractivity contribution in [3.05, 3.63) is 41.0 Å². The Morgan fingerprint density at radius 2 is 2.05 bits per heavy atom. The molecule has 0 aliphatic heterocycles. The van der Waals surface area contributed by atoms with Crippen molar-refractivity contribution >= 4 is 10.0 Å². The van der Waals surface area contributed by atoms with Crippen molar-refractivity contribution in [2.45, 2.75) is 37.6 Å². The first-order valence-corrected chi connectivity index (χ1v) is 8.37. The number of hydrogen-bond acceptors (Lipinski definition) is 4. The van der Waals surface area contributed by atoms with E-state index in [-0.39, 0.29) is 6.54 Å². The van der Waals surface area contributed by atoms with Gasteiger partial charge < -0.3 is 0 Å². The maximum atomic E-state index is 12.6. The number of sulfonamides is 1. The SMILES string of the molecule is Cc1nc(CN(C)S(=O)(=O)c2ccc3c(c2)CCC3)n[nH]1. The van der Waals surface area contributed by atoms with Crippen molar-refractivity contribution in [3.8, 4) is 0 Å². The molecule has 1 aromatic heterocycles. The Morgan fingerprint density at radius 3 is 2.76 bits per heavy atom. The summed E-state index contributed by atoms with van der Waals surface area (Å²) >= 11 is 0. The predicted octanol–water partition coefficient (Wildman–Crippen LogP) is 1.42. The minimum absolute atomic E-state index is 0.157. The van der Waals surface area contributed by atoms with Crippen LogP contribution < -0.4 is 0 Å². The minimum Gasteiger partial charge on any atom is -0.263 e. The third kappa shape index (κ3) is 2.71. The molecule has 3 rings (SSSR count). The number of rotatable bonds is 4. The summed E-state index contributed by atoms with van der Waals surface area (Å²) < 4.78 is 26.5. The van der Waals surface area contributed by atoms with E-state index in [0.717, 1.165) is 24.8 Å². The molecule has 1 aliphatic carbocycles. The number of aryl methyl sites for hydroxylation is 3. The zero-order valence-corrected chi connectivity index (χ0v) is 12.9. The average molecular weight is 306 g/mol. The molecule has 0 saturated carbocycles. The van der Waals surface area contributed by atoms with Crippen LogP contribution in [0.15, 0.2) is 23.1 Å². The van der Waals surface area contributed by atoms with Gasteiger partial charge in [-0.3, -0.25) is 5.10 Å². The molecule has 1 heterocycles. The summed E-state index contributed by atoms with van der Waals surface area (Å²) in [7, 11) is -1.96. The van der Waals surface area contributed by atoms with Gasteiger partial charge in [-0.15, -0.1) is 0 Å². The van der Waals surface area contributed by atoms with E-state index >= 15 is 0 Å².